The average Bonchev–Trinajstić information content (AvgIpc) is 2.48. The molecule has 0 aromatic carbocycles. The molecule has 15 heavy (non-hydrogen) atoms. The van der Waals surface area contributed by atoms with Gasteiger partial charge in [-0.2, -0.15) is 22.0 Å². The minimum absolute atomic E-state index is 0.266. The fraction of sp³-hybridized carbons (Fsp3) is 0.500. The van der Waals surface area contributed by atoms with E-state index in [0.717, 1.165) is 10.6 Å². The van der Waals surface area contributed by atoms with Gasteiger partial charge in [-0.3, -0.25) is 0 Å². The van der Waals surface area contributed by atoms with Crippen molar-refractivity contribution in [2.75, 3.05) is 0 Å². The maximum atomic E-state index is 12.8. The van der Waals surface area contributed by atoms with Crippen molar-refractivity contribution < 1.29 is 22.0 Å². The molecule has 0 spiro atoms. The van der Waals surface area contributed by atoms with Crippen molar-refractivity contribution in [2.24, 2.45) is 12.8 Å². The monoisotopic (exact) mass is 228 g/mol. The molecule has 7 heteroatoms. The number of alkyl halides is 5. The molecule has 0 aliphatic carbocycles. The van der Waals surface area contributed by atoms with Crippen LogP contribution in [0.15, 0.2) is 18.3 Å². The summed E-state index contributed by atoms with van der Waals surface area (Å²) in [7, 11) is 1.35. The van der Waals surface area contributed by atoms with E-state index in [1.807, 2.05) is 0 Å². The Labute approximate surface area is 82.5 Å². The van der Waals surface area contributed by atoms with Gasteiger partial charge >= 0.3 is 12.1 Å². The zero-order chi connectivity index (χ0) is 11.9. The number of aromatic nitrogens is 1. The molecule has 0 amide bonds. The Hall–Kier alpha value is -1.11. The van der Waals surface area contributed by atoms with E-state index in [1.165, 1.54) is 19.3 Å². The lowest BCUT2D eigenvalue weighted by molar-refractivity contribution is -0.291. The van der Waals surface area contributed by atoms with E-state index in [0.29, 0.717) is 0 Å². The molecule has 1 heterocycles. The number of nitrogens with zero attached hydrogens (tertiary/aromatic N) is 1. The van der Waals surface area contributed by atoms with Crippen LogP contribution in [-0.4, -0.2) is 16.7 Å². The van der Waals surface area contributed by atoms with Crippen LogP contribution < -0.4 is 5.73 Å². The van der Waals surface area contributed by atoms with E-state index in [1.54, 1.807) is 0 Å². The number of nitrogens with two attached hydrogens (primary N) is 1. The molecule has 0 aliphatic rings. The van der Waals surface area contributed by atoms with Gasteiger partial charge in [0.15, 0.2) is 0 Å². The fourth-order valence-electron chi connectivity index (χ4n) is 1.16. The number of aryl methyl sites for hydroxylation is 1. The highest BCUT2D eigenvalue weighted by molar-refractivity contribution is 5.15. The van der Waals surface area contributed by atoms with Crippen molar-refractivity contribution in [3.8, 4) is 0 Å². The molecule has 1 atom stereocenters. The molecule has 2 nitrogen and oxygen atoms in total. The lowest BCUT2D eigenvalue weighted by atomic mass is 10.1. The molecule has 0 saturated carbocycles. The Bertz CT molecular complexity index is 341. The first kappa shape index (κ1) is 12.0. The van der Waals surface area contributed by atoms with Crippen LogP contribution in [0.4, 0.5) is 22.0 Å². The van der Waals surface area contributed by atoms with Gasteiger partial charge in [0, 0.05) is 18.9 Å². The van der Waals surface area contributed by atoms with Crippen LogP contribution in [0.25, 0.3) is 0 Å². The van der Waals surface area contributed by atoms with E-state index in [2.05, 4.69) is 0 Å². The van der Waals surface area contributed by atoms with Crippen LogP contribution in [-0.2, 0) is 7.05 Å². The molecule has 0 fully saturated rings. The summed E-state index contributed by atoms with van der Waals surface area (Å²) >= 11 is 0. The van der Waals surface area contributed by atoms with Crippen molar-refractivity contribution in [3.63, 3.8) is 0 Å². The summed E-state index contributed by atoms with van der Waals surface area (Å²) in [5, 5.41) is 0. The van der Waals surface area contributed by atoms with Crippen molar-refractivity contribution in [1.29, 1.82) is 0 Å². The lowest BCUT2D eigenvalue weighted by Crippen LogP contribution is -2.46. The van der Waals surface area contributed by atoms with Crippen LogP contribution >= 0.6 is 0 Å². The van der Waals surface area contributed by atoms with E-state index in [9.17, 15) is 22.0 Å². The first-order valence-electron chi connectivity index (χ1n) is 3.99. The summed E-state index contributed by atoms with van der Waals surface area (Å²) in [6.07, 6.45) is -4.29. The van der Waals surface area contributed by atoms with Crippen LogP contribution in [0, 0.1) is 0 Å². The van der Waals surface area contributed by atoms with E-state index < -0.39 is 18.1 Å². The third-order valence-corrected chi connectivity index (χ3v) is 2.07. The van der Waals surface area contributed by atoms with E-state index in [-0.39, 0.29) is 5.69 Å². The lowest BCUT2D eigenvalue weighted by Gasteiger charge is -2.26. The van der Waals surface area contributed by atoms with Gasteiger partial charge in [0.05, 0.1) is 0 Å². The predicted molar refractivity (Wildman–Crippen MR) is 43.3 cm³/mol. The number of hydrogen-bond donors (Lipinski definition) is 1. The van der Waals surface area contributed by atoms with Crippen molar-refractivity contribution >= 4 is 0 Å². The maximum Gasteiger partial charge on any atom is 0.455 e. The van der Waals surface area contributed by atoms with Crippen molar-refractivity contribution in [3.05, 3.63) is 24.0 Å². The summed E-state index contributed by atoms with van der Waals surface area (Å²) in [5.41, 5.74) is 4.65. The summed E-state index contributed by atoms with van der Waals surface area (Å²) in [6.45, 7) is 0. The van der Waals surface area contributed by atoms with Gasteiger partial charge < -0.3 is 10.3 Å². The molecule has 0 bridgehead atoms. The van der Waals surface area contributed by atoms with E-state index >= 15 is 0 Å². The van der Waals surface area contributed by atoms with Crippen LogP contribution in [0.5, 0.6) is 0 Å². The van der Waals surface area contributed by atoms with Gasteiger partial charge in [0.25, 0.3) is 0 Å². The predicted octanol–water partition coefficient (Wildman–Crippen LogP) is 2.22. The molecule has 2 N–H and O–H groups in total. The Balaban J connectivity index is 3.05. The van der Waals surface area contributed by atoms with Gasteiger partial charge in [-0.25, -0.2) is 0 Å². The molecule has 86 valence electrons. The highest BCUT2D eigenvalue weighted by Gasteiger charge is 2.62. The topological polar surface area (TPSA) is 30.9 Å². The normalized spacial score (nSPS) is 15.4. The molecule has 1 aromatic heterocycles. The van der Waals surface area contributed by atoms with Crippen LogP contribution in [0.3, 0.4) is 0 Å². The maximum absolute atomic E-state index is 12.8. The minimum atomic E-state index is -5.64. The summed E-state index contributed by atoms with van der Waals surface area (Å²) < 4.78 is 62.6. The van der Waals surface area contributed by atoms with E-state index in [4.69, 9.17) is 5.73 Å². The Morgan fingerprint density at radius 3 is 2.13 bits per heavy atom. The number of hydrogen-bond acceptors (Lipinski definition) is 1. The summed E-state index contributed by atoms with van der Waals surface area (Å²) in [4.78, 5) is 0. The van der Waals surface area contributed by atoms with Crippen LogP contribution in [0.2, 0.25) is 0 Å². The molecular formula is C8H9F5N2. The molecule has 0 unspecified atom stereocenters. The van der Waals surface area contributed by atoms with Crippen LogP contribution in [0.1, 0.15) is 11.7 Å². The number of halogens is 5. The molecule has 0 saturated heterocycles. The molecule has 1 rings (SSSR count). The first-order valence-corrected chi connectivity index (χ1v) is 3.99. The zero-order valence-corrected chi connectivity index (χ0v) is 7.72. The highest BCUT2D eigenvalue weighted by atomic mass is 19.4. The first-order chi connectivity index (χ1) is 6.68. The van der Waals surface area contributed by atoms with Crippen molar-refractivity contribution in [2.45, 2.75) is 18.1 Å². The van der Waals surface area contributed by atoms with Gasteiger partial charge in [-0.15, -0.1) is 0 Å². The minimum Gasteiger partial charge on any atom is -0.353 e. The zero-order valence-electron chi connectivity index (χ0n) is 7.72. The third kappa shape index (κ3) is 1.97. The largest absolute Gasteiger partial charge is 0.455 e. The Morgan fingerprint density at radius 1 is 1.27 bits per heavy atom. The SMILES string of the molecule is Cn1cccc1[C@H](N)C(F)(F)C(F)(F)F. The second-order valence-electron chi connectivity index (χ2n) is 3.14. The molecular weight excluding hydrogens is 219 g/mol. The smallest absolute Gasteiger partial charge is 0.353 e. The van der Waals surface area contributed by atoms with Gasteiger partial charge in [-0.05, 0) is 12.1 Å². The number of rotatable bonds is 2. The summed E-state index contributed by atoms with van der Waals surface area (Å²) in [5.74, 6) is -4.93. The second-order valence-corrected chi connectivity index (χ2v) is 3.14. The molecule has 1 aromatic rings. The Kier molecular flexibility index (Phi) is 2.77. The molecule has 0 aliphatic heterocycles. The van der Waals surface area contributed by atoms with Crippen molar-refractivity contribution in [1.82, 2.24) is 4.57 Å². The molecule has 0 radical (unpaired) electrons. The fourth-order valence-corrected chi connectivity index (χ4v) is 1.16. The van der Waals surface area contributed by atoms with Gasteiger partial charge in [0.1, 0.15) is 6.04 Å². The standard InChI is InChI=1S/C8H9F5N2/c1-15-4-2-3-5(15)6(14)7(9,10)8(11,12)13/h2-4,6H,14H2,1H3/t6-/m0/s1. The van der Waals surface area contributed by atoms with Gasteiger partial charge in [-0.1, -0.05) is 0 Å². The third-order valence-electron chi connectivity index (χ3n) is 2.07. The second kappa shape index (κ2) is 3.48. The Morgan fingerprint density at radius 2 is 1.80 bits per heavy atom. The summed E-state index contributed by atoms with van der Waals surface area (Å²) in [6, 6.07) is 0.0869. The van der Waals surface area contributed by atoms with Gasteiger partial charge in [0.2, 0.25) is 0 Å². The quantitative estimate of drug-likeness (QED) is 0.773. The highest BCUT2D eigenvalue weighted by Crippen LogP contribution is 2.43. The average molecular weight is 228 g/mol.